The average Bonchev–Trinajstić information content (AvgIpc) is 2.78. The van der Waals surface area contributed by atoms with Crippen molar-refractivity contribution in [1.82, 2.24) is 10.2 Å². The van der Waals surface area contributed by atoms with E-state index in [-0.39, 0.29) is 18.1 Å². The van der Waals surface area contributed by atoms with Crippen LogP contribution in [0.1, 0.15) is 39.0 Å². The average molecular weight is 300 g/mol. The van der Waals surface area contributed by atoms with E-state index in [0.717, 1.165) is 31.4 Å². The van der Waals surface area contributed by atoms with Crippen molar-refractivity contribution in [2.45, 2.75) is 57.2 Å². The number of likely N-dealkylation sites (tertiary alicyclic amines) is 1. The number of nitrogens with one attached hydrogen (secondary N) is 1. The second kappa shape index (κ2) is 6.70. The summed E-state index contributed by atoms with van der Waals surface area (Å²) in [4.78, 5) is 25.5. The summed E-state index contributed by atoms with van der Waals surface area (Å²) in [6.45, 7) is 1.96. The molecule has 114 valence electrons. The van der Waals surface area contributed by atoms with Gasteiger partial charge in [0.2, 0.25) is 0 Å². The lowest BCUT2D eigenvalue weighted by Crippen LogP contribution is -2.52. The van der Waals surface area contributed by atoms with Crippen LogP contribution < -0.4 is 5.32 Å². The van der Waals surface area contributed by atoms with E-state index in [4.69, 9.17) is 0 Å². The lowest BCUT2D eigenvalue weighted by atomic mass is 9.85. The first-order valence-corrected chi connectivity index (χ1v) is 8.74. The van der Waals surface area contributed by atoms with E-state index in [1.807, 2.05) is 13.2 Å². The van der Waals surface area contributed by atoms with E-state index in [1.54, 1.807) is 16.7 Å². The summed E-state index contributed by atoms with van der Waals surface area (Å²) >= 11 is 1.67. The molecule has 0 aromatic carbocycles. The van der Waals surface area contributed by atoms with Crippen molar-refractivity contribution in [2.75, 3.05) is 12.0 Å². The first-order chi connectivity index (χ1) is 9.54. The van der Waals surface area contributed by atoms with Gasteiger partial charge in [-0.1, -0.05) is 12.8 Å². The largest absolute Gasteiger partial charge is 0.480 e. The fourth-order valence-corrected chi connectivity index (χ4v) is 4.13. The molecule has 0 aromatic heterocycles. The van der Waals surface area contributed by atoms with Crippen molar-refractivity contribution in [3.05, 3.63) is 0 Å². The van der Waals surface area contributed by atoms with Gasteiger partial charge < -0.3 is 15.3 Å². The number of hydrogen-bond donors (Lipinski definition) is 2. The predicted molar refractivity (Wildman–Crippen MR) is 80.0 cm³/mol. The molecular formula is C14H24N2O3S. The topological polar surface area (TPSA) is 69.6 Å². The molecule has 2 N–H and O–H groups in total. The van der Waals surface area contributed by atoms with Gasteiger partial charge in [0.1, 0.15) is 6.04 Å². The van der Waals surface area contributed by atoms with Gasteiger partial charge in [0, 0.05) is 17.8 Å². The zero-order valence-corrected chi connectivity index (χ0v) is 13.0. The predicted octanol–water partition coefficient (Wildman–Crippen LogP) is 2.17. The number of carboxylic acids is 1. The van der Waals surface area contributed by atoms with Crippen molar-refractivity contribution in [3.63, 3.8) is 0 Å². The molecule has 0 aromatic rings. The van der Waals surface area contributed by atoms with Gasteiger partial charge >= 0.3 is 12.0 Å². The van der Waals surface area contributed by atoms with Crippen LogP contribution in [0.15, 0.2) is 0 Å². The maximum absolute atomic E-state index is 12.4. The van der Waals surface area contributed by atoms with E-state index in [9.17, 15) is 14.7 Å². The van der Waals surface area contributed by atoms with Crippen LogP contribution in [-0.2, 0) is 4.79 Å². The highest BCUT2D eigenvalue weighted by Crippen LogP contribution is 2.39. The fourth-order valence-electron chi connectivity index (χ4n) is 3.55. The number of amides is 2. The van der Waals surface area contributed by atoms with Gasteiger partial charge in [-0.3, -0.25) is 0 Å². The highest BCUT2D eigenvalue weighted by Gasteiger charge is 2.47. The normalized spacial score (nSPS) is 30.7. The molecule has 1 aliphatic carbocycles. The zero-order chi connectivity index (χ0) is 14.7. The Morgan fingerprint density at radius 3 is 2.75 bits per heavy atom. The molecule has 5 nitrogen and oxygen atoms in total. The molecule has 0 bridgehead atoms. The number of nitrogens with zero attached hydrogens (tertiary/aromatic N) is 1. The quantitative estimate of drug-likeness (QED) is 0.835. The third kappa shape index (κ3) is 3.22. The molecule has 2 rings (SSSR count). The highest BCUT2D eigenvalue weighted by atomic mass is 32.2. The molecule has 0 spiro atoms. The molecule has 20 heavy (non-hydrogen) atoms. The number of urea groups is 1. The molecular weight excluding hydrogens is 276 g/mol. The maximum Gasteiger partial charge on any atom is 0.326 e. The maximum atomic E-state index is 12.4. The molecule has 1 aliphatic heterocycles. The van der Waals surface area contributed by atoms with Crippen LogP contribution >= 0.6 is 11.8 Å². The van der Waals surface area contributed by atoms with Crippen molar-refractivity contribution in [1.29, 1.82) is 0 Å². The fraction of sp³-hybridized carbons (Fsp3) is 0.857. The summed E-state index contributed by atoms with van der Waals surface area (Å²) < 4.78 is 0. The van der Waals surface area contributed by atoms with E-state index < -0.39 is 12.0 Å². The van der Waals surface area contributed by atoms with E-state index in [1.165, 1.54) is 0 Å². The number of hydrogen-bond acceptors (Lipinski definition) is 3. The lowest BCUT2D eigenvalue weighted by Gasteiger charge is -2.33. The highest BCUT2D eigenvalue weighted by molar-refractivity contribution is 7.98. The second-order valence-corrected chi connectivity index (χ2v) is 6.83. The van der Waals surface area contributed by atoms with Gasteiger partial charge in [0.25, 0.3) is 0 Å². The van der Waals surface area contributed by atoms with Crippen LogP contribution in [-0.4, -0.2) is 52.1 Å². The monoisotopic (exact) mass is 300 g/mol. The summed E-state index contributed by atoms with van der Waals surface area (Å²) in [6.07, 6.45) is 6.86. The van der Waals surface area contributed by atoms with Gasteiger partial charge in [-0.15, -0.1) is 0 Å². The minimum atomic E-state index is -0.868. The number of carbonyl (C=O) groups excluding carboxylic acids is 1. The van der Waals surface area contributed by atoms with E-state index in [0.29, 0.717) is 12.3 Å². The van der Waals surface area contributed by atoms with Gasteiger partial charge in [0.05, 0.1) is 0 Å². The molecule has 6 heteroatoms. The van der Waals surface area contributed by atoms with Gasteiger partial charge in [-0.05, 0) is 38.4 Å². The minimum absolute atomic E-state index is 0.0644. The number of carboxylic acid groups (broad SMARTS) is 1. The second-order valence-electron chi connectivity index (χ2n) is 5.91. The Morgan fingerprint density at radius 2 is 2.10 bits per heavy atom. The Labute approximate surface area is 124 Å². The third-order valence-corrected chi connectivity index (χ3v) is 5.23. The zero-order valence-electron chi connectivity index (χ0n) is 12.2. The molecule has 4 unspecified atom stereocenters. The summed E-state index contributed by atoms with van der Waals surface area (Å²) in [5.74, 6) is 0.337. The van der Waals surface area contributed by atoms with Crippen LogP contribution in [0.4, 0.5) is 4.79 Å². The standard InChI is InChI=1S/C14H24N2O3S/c1-9(8-20-2)15-14(19)16-11-6-4-3-5-10(11)7-12(16)13(17)18/h9-12H,3-8H2,1-2H3,(H,15,19)(H,17,18). The number of carbonyl (C=O) groups is 2. The van der Waals surface area contributed by atoms with Crippen molar-refractivity contribution in [3.8, 4) is 0 Å². The van der Waals surface area contributed by atoms with Crippen molar-refractivity contribution < 1.29 is 14.7 Å². The Morgan fingerprint density at radius 1 is 1.40 bits per heavy atom. The van der Waals surface area contributed by atoms with Crippen LogP contribution in [0.5, 0.6) is 0 Å². The Hall–Kier alpha value is -0.910. The molecule has 1 saturated heterocycles. The molecule has 2 fully saturated rings. The Balaban J connectivity index is 2.08. The first kappa shape index (κ1) is 15.5. The van der Waals surface area contributed by atoms with E-state index >= 15 is 0 Å². The third-order valence-electron chi connectivity index (χ3n) is 4.39. The Kier molecular flexibility index (Phi) is 5.18. The van der Waals surface area contributed by atoms with Gasteiger partial charge in [0.15, 0.2) is 0 Å². The minimum Gasteiger partial charge on any atom is -0.480 e. The lowest BCUT2D eigenvalue weighted by molar-refractivity contribution is -0.141. The number of aliphatic carboxylic acids is 1. The summed E-state index contributed by atoms with van der Waals surface area (Å²) in [5.41, 5.74) is 0. The van der Waals surface area contributed by atoms with Gasteiger partial charge in [-0.25, -0.2) is 9.59 Å². The van der Waals surface area contributed by atoms with Gasteiger partial charge in [-0.2, -0.15) is 11.8 Å². The number of rotatable bonds is 4. The van der Waals surface area contributed by atoms with Crippen LogP contribution in [0, 0.1) is 5.92 Å². The SMILES string of the molecule is CSCC(C)NC(=O)N1C(C(=O)O)CC2CCCCC21. The molecule has 1 saturated carbocycles. The Bertz CT molecular complexity index is 377. The smallest absolute Gasteiger partial charge is 0.326 e. The van der Waals surface area contributed by atoms with Crippen molar-refractivity contribution >= 4 is 23.8 Å². The molecule has 1 heterocycles. The van der Waals surface area contributed by atoms with Crippen LogP contribution in [0.25, 0.3) is 0 Å². The van der Waals surface area contributed by atoms with Crippen molar-refractivity contribution in [2.24, 2.45) is 5.92 Å². The first-order valence-electron chi connectivity index (χ1n) is 7.35. The molecule has 2 aliphatic rings. The van der Waals surface area contributed by atoms with Crippen LogP contribution in [0.3, 0.4) is 0 Å². The summed E-state index contributed by atoms with van der Waals surface area (Å²) in [5, 5.41) is 12.3. The molecule has 0 radical (unpaired) electrons. The molecule has 2 amide bonds. The molecule has 4 atom stereocenters. The summed E-state index contributed by atoms with van der Waals surface area (Å²) in [7, 11) is 0. The summed E-state index contributed by atoms with van der Waals surface area (Å²) in [6, 6.07) is -0.668. The number of thioether (sulfide) groups is 1. The number of fused-ring (bicyclic) bond motifs is 1. The van der Waals surface area contributed by atoms with Crippen LogP contribution in [0.2, 0.25) is 0 Å². The van der Waals surface area contributed by atoms with E-state index in [2.05, 4.69) is 5.32 Å².